The fraction of sp³-hybridized carbons (Fsp3) is 0.333. The lowest BCUT2D eigenvalue weighted by atomic mass is 9.85. The molecule has 0 radical (unpaired) electrons. The summed E-state index contributed by atoms with van der Waals surface area (Å²) in [6.45, 7) is 8.14. The van der Waals surface area contributed by atoms with E-state index < -0.39 is 5.91 Å². The number of aryl methyl sites for hydroxylation is 1. The Morgan fingerprint density at radius 1 is 1.19 bits per heavy atom. The van der Waals surface area contributed by atoms with Crippen molar-refractivity contribution in [1.29, 1.82) is 0 Å². The summed E-state index contributed by atoms with van der Waals surface area (Å²) >= 11 is 0. The summed E-state index contributed by atoms with van der Waals surface area (Å²) in [5.74, 6) is -0.428. The topological polar surface area (TPSA) is 76.4 Å². The number of aromatic nitrogens is 3. The largest absolute Gasteiger partial charge is 0.345 e. The molecule has 0 unspecified atom stereocenters. The zero-order valence-electron chi connectivity index (χ0n) is 16.1. The average molecular weight is 364 g/mol. The van der Waals surface area contributed by atoms with Crippen LogP contribution in [0, 0.1) is 12.3 Å². The van der Waals surface area contributed by atoms with Crippen LogP contribution in [-0.2, 0) is 0 Å². The lowest BCUT2D eigenvalue weighted by Crippen LogP contribution is -2.36. The van der Waals surface area contributed by atoms with Gasteiger partial charge in [0.05, 0.1) is 6.04 Å². The minimum Gasteiger partial charge on any atom is -0.345 e. The molecule has 0 saturated heterocycles. The van der Waals surface area contributed by atoms with Crippen molar-refractivity contribution in [3.63, 3.8) is 0 Å². The monoisotopic (exact) mass is 364 g/mol. The van der Waals surface area contributed by atoms with Crippen LogP contribution >= 0.6 is 0 Å². The van der Waals surface area contributed by atoms with Gasteiger partial charge in [-0.25, -0.2) is 4.98 Å². The number of pyridine rings is 2. The molecule has 1 N–H and O–H groups in total. The molecule has 3 heterocycles. The van der Waals surface area contributed by atoms with Crippen molar-refractivity contribution in [3.8, 4) is 0 Å². The van der Waals surface area contributed by atoms with Crippen LogP contribution in [-0.4, -0.2) is 20.3 Å². The average Bonchev–Trinajstić information content (AvgIpc) is 2.61. The molecule has 1 atom stereocenters. The standard InChI is InChI=1S/C21H24N4O2/c1-14-7-5-9-18-23-13-16(20(27)25(14)18)19(26)24-17(11-21(2,3)4)15-8-6-10-22-12-15/h5-10,12-13,17H,11H2,1-4H3,(H,24,26)/t17-/m1/s1. The van der Waals surface area contributed by atoms with Crippen molar-refractivity contribution >= 4 is 11.6 Å². The third kappa shape index (κ3) is 4.22. The Morgan fingerprint density at radius 3 is 2.63 bits per heavy atom. The molecule has 0 aliphatic rings. The van der Waals surface area contributed by atoms with E-state index in [9.17, 15) is 9.59 Å². The van der Waals surface area contributed by atoms with E-state index >= 15 is 0 Å². The van der Waals surface area contributed by atoms with Crippen molar-refractivity contribution in [2.75, 3.05) is 0 Å². The van der Waals surface area contributed by atoms with Crippen LogP contribution < -0.4 is 10.9 Å². The normalized spacial score (nSPS) is 12.7. The predicted octanol–water partition coefficient (Wildman–Crippen LogP) is 3.31. The number of amides is 1. The van der Waals surface area contributed by atoms with Crippen LogP contribution in [0.15, 0.2) is 53.7 Å². The molecule has 1 amide bonds. The number of carbonyl (C=O) groups excluding carboxylic acids is 1. The van der Waals surface area contributed by atoms with E-state index in [0.29, 0.717) is 12.1 Å². The Morgan fingerprint density at radius 2 is 1.96 bits per heavy atom. The van der Waals surface area contributed by atoms with Gasteiger partial charge in [-0.3, -0.25) is 19.0 Å². The van der Waals surface area contributed by atoms with Crippen molar-refractivity contribution in [2.45, 2.75) is 40.2 Å². The molecule has 0 aliphatic heterocycles. The highest BCUT2D eigenvalue weighted by Crippen LogP contribution is 2.29. The predicted molar refractivity (Wildman–Crippen MR) is 105 cm³/mol. The van der Waals surface area contributed by atoms with Gasteiger partial charge in [0, 0.05) is 24.3 Å². The number of carbonyl (C=O) groups is 1. The lowest BCUT2D eigenvalue weighted by molar-refractivity contribution is 0.0924. The summed E-state index contributed by atoms with van der Waals surface area (Å²) in [6, 6.07) is 8.91. The molecule has 0 spiro atoms. The van der Waals surface area contributed by atoms with E-state index in [4.69, 9.17) is 0 Å². The second-order valence-corrected chi connectivity index (χ2v) is 7.91. The van der Waals surface area contributed by atoms with E-state index in [-0.39, 0.29) is 22.6 Å². The number of hydrogen-bond donors (Lipinski definition) is 1. The quantitative estimate of drug-likeness (QED) is 0.771. The lowest BCUT2D eigenvalue weighted by Gasteiger charge is -2.27. The summed E-state index contributed by atoms with van der Waals surface area (Å²) in [5, 5.41) is 3.00. The Bertz CT molecular complexity index is 1020. The molecule has 0 aromatic carbocycles. The summed E-state index contributed by atoms with van der Waals surface area (Å²) in [6.07, 6.45) is 5.50. The fourth-order valence-corrected chi connectivity index (χ4v) is 3.11. The van der Waals surface area contributed by atoms with Gasteiger partial charge in [0.15, 0.2) is 0 Å². The van der Waals surface area contributed by atoms with Gasteiger partial charge in [-0.15, -0.1) is 0 Å². The molecule has 3 aromatic rings. The zero-order valence-corrected chi connectivity index (χ0v) is 16.1. The first-order valence-corrected chi connectivity index (χ1v) is 8.94. The van der Waals surface area contributed by atoms with Crippen LogP contribution in [0.25, 0.3) is 5.65 Å². The van der Waals surface area contributed by atoms with Gasteiger partial charge in [-0.1, -0.05) is 32.9 Å². The Hall–Kier alpha value is -3.02. The van der Waals surface area contributed by atoms with E-state index in [0.717, 1.165) is 11.3 Å². The van der Waals surface area contributed by atoms with Gasteiger partial charge in [0.1, 0.15) is 11.2 Å². The fourth-order valence-electron chi connectivity index (χ4n) is 3.11. The molecule has 140 valence electrons. The summed E-state index contributed by atoms with van der Waals surface area (Å²) in [5.41, 5.74) is 1.82. The van der Waals surface area contributed by atoms with Crippen LogP contribution in [0.4, 0.5) is 0 Å². The second-order valence-electron chi connectivity index (χ2n) is 7.91. The third-order valence-electron chi connectivity index (χ3n) is 4.38. The van der Waals surface area contributed by atoms with E-state index in [1.165, 1.54) is 10.6 Å². The Kier molecular flexibility index (Phi) is 5.08. The first-order chi connectivity index (χ1) is 12.8. The minimum atomic E-state index is -0.428. The van der Waals surface area contributed by atoms with Crippen molar-refractivity contribution < 1.29 is 4.79 Å². The molecule has 3 rings (SSSR count). The van der Waals surface area contributed by atoms with E-state index in [1.807, 2.05) is 31.2 Å². The molecule has 0 aliphatic carbocycles. The highest BCUT2D eigenvalue weighted by atomic mass is 16.2. The third-order valence-corrected chi connectivity index (χ3v) is 4.38. The van der Waals surface area contributed by atoms with Crippen molar-refractivity contribution in [2.24, 2.45) is 5.41 Å². The minimum absolute atomic E-state index is 0.0128. The molecule has 3 aromatic heterocycles. The Labute approximate surface area is 158 Å². The van der Waals surface area contributed by atoms with Crippen LogP contribution in [0.3, 0.4) is 0 Å². The molecular formula is C21H24N4O2. The van der Waals surface area contributed by atoms with Gasteiger partial charge in [0.25, 0.3) is 11.5 Å². The van der Waals surface area contributed by atoms with Crippen molar-refractivity contribution in [1.82, 2.24) is 19.7 Å². The second kappa shape index (κ2) is 7.31. The molecule has 0 saturated carbocycles. The number of nitrogens with one attached hydrogen (secondary N) is 1. The smallest absolute Gasteiger partial charge is 0.270 e. The van der Waals surface area contributed by atoms with Gasteiger partial charge < -0.3 is 5.32 Å². The van der Waals surface area contributed by atoms with Gasteiger partial charge in [-0.2, -0.15) is 0 Å². The molecule has 0 fully saturated rings. The Balaban J connectivity index is 1.97. The zero-order chi connectivity index (χ0) is 19.6. The summed E-state index contributed by atoms with van der Waals surface area (Å²) in [4.78, 5) is 34.2. The van der Waals surface area contributed by atoms with Crippen LogP contribution in [0.1, 0.15) is 54.8 Å². The van der Waals surface area contributed by atoms with Crippen molar-refractivity contribution in [3.05, 3.63) is 76.1 Å². The first-order valence-electron chi connectivity index (χ1n) is 8.94. The molecule has 27 heavy (non-hydrogen) atoms. The number of nitrogens with zero attached hydrogens (tertiary/aromatic N) is 3. The number of hydrogen-bond acceptors (Lipinski definition) is 4. The first kappa shape index (κ1) is 18.8. The summed E-state index contributed by atoms with van der Waals surface area (Å²) < 4.78 is 1.46. The van der Waals surface area contributed by atoms with Crippen LogP contribution in [0.2, 0.25) is 0 Å². The van der Waals surface area contributed by atoms with Crippen LogP contribution in [0.5, 0.6) is 0 Å². The molecule has 0 bridgehead atoms. The maximum absolute atomic E-state index is 12.9. The SMILES string of the molecule is Cc1cccc2ncc(C(=O)N[C@H](CC(C)(C)C)c3cccnc3)c(=O)n12. The van der Waals surface area contributed by atoms with E-state index in [2.05, 4.69) is 36.1 Å². The molecule has 6 nitrogen and oxygen atoms in total. The number of rotatable bonds is 4. The molecular weight excluding hydrogens is 340 g/mol. The van der Waals surface area contributed by atoms with Gasteiger partial charge >= 0.3 is 0 Å². The highest BCUT2D eigenvalue weighted by molar-refractivity contribution is 5.94. The van der Waals surface area contributed by atoms with Gasteiger partial charge in [-0.05, 0) is 42.5 Å². The van der Waals surface area contributed by atoms with E-state index in [1.54, 1.807) is 18.5 Å². The highest BCUT2D eigenvalue weighted by Gasteiger charge is 2.24. The van der Waals surface area contributed by atoms with Gasteiger partial charge in [0.2, 0.25) is 0 Å². The maximum Gasteiger partial charge on any atom is 0.270 e. The summed E-state index contributed by atoms with van der Waals surface area (Å²) in [7, 11) is 0. The molecule has 6 heteroatoms. The number of fused-ring (bicyclic) bond motifs is 1. The maximum atomic E-state index is 12.9.